The first-order valence-corrected chi connectivity index (χ1v) is 8.36. The van der Waals surface area contributed by atoms with Crippen molar-refractivity contribution in [3.05, 3.63) is 38.7 Å². The molecule has 0 atom stereocenters. The lowest BCUT2D eigenvalue weighted by Crippen LogP contribution is -2.15. The molecule has 2 rings (SSSR count). The number of hydrogen-bond donors (Lipinski definition) is 3. The quantitative estimate of drug-likeness (QED) is 0.655. The van der Waals surface area contributed by atoms with Gasteiger partial charge in [-0.3, -0.25) is 9.82 Å². The highest BCUT2D eigenvalue weighted by Gasteiger charge is 2.20. The molecule has 1 aromatic carbocycles. The summed E-state index contributed by atoms with van der Waals surface area (Å²) < 4.78 is 27.6. The molecule has 0 spiro atoms. The third kappa shape index (κ3) is 3.18. The van der Waals surface area contributed by atoms with Gasteiger partial charge in [0.25, 0.3) is 10.0 Å². The van der Waals surface area contributed by atoms with Gasteiger partial charge in [0, 0.05) is 3.57 Å². The number of aromatic nitrogens is 2. The van der Waals surface area contributed by atoms with Gasteiger partial charge in [0.05, 0.1) is 27.5 Å². The molecule has 0 aliphatic rings. The zero-order valence-corrected chi connectivity index (χ0v) is 14.1. The number of rotatable bonds is 4. The highest BCUT2D eigenvalue weighted by atomic mass is 127. The zero-order valence-electron chi connectivity index (χ0n) is 11.1. The maximum atomic E-state index is 12.3. The number of aromatic carboxylic acids is 1. The number of nitrogens with zero attached hydrogens (tertiary/aromatic N) is 1. The van der Waals surface area contributed by atoms with Crippen LogP contribution < -0.4 is 4.72 Å². The number of halogens is 1. The van der Waals surface area contributed by atoms with Crippen molar-refractivity contribution in [3.63, 3.8) is 0 Å². The number of H-pyrrole nitrogens is 1. The van der Waals surface area contributed by atoms with Crippen molar-refractivity contribution < 1.29 is 18.3 Å². The Hall–Kier alpha value is -1.62. The lowest BCUT2D eigenvalue weighted by molar-refractivity contribution is 0.0695. The van der Waals surface area contributed by atoms with Gasteiger partial charge in [-0.1, -0.05) is 0 Å². The molecule has 0 radical (unpaired) electrons. The fraction of sp³-hybridized carbons (Fsp3) is 0.167. The average molecular weight is 421 g/mol. The number of hydrogen-bond acceptors (Lipinski definition) is 4. The Labute approximate surface area is 135 Å². The molecule has 0 saturated heterocycles. The van der Waals surface area contributed by atoms with E-state index in [2.05, 4.69) is 14.9 Å². The standard InChI is InChI=1S/C12H12IN3O4S/c1-6-11(7(2)15-14-6)16-21(19,20)8-3-4-10(13)9(5-8)12(17)18/h3-5,16H,1-2H3,(H,14,15)(H,17,18). The van der Waals surface area contributed by atoms with E-state index in [-0.39, 0.29) is 10.5 Å². The fourth-order valence-corrected chi connectivity index (χ4v) is 3.50. The Bertz CT molecular complexity index is 794. The van der Waals surface area contributed by atoms with E-state index in [0.717, 1.165) is 6.07 Å². The van der Waals surface area contributed by atoms with Crippen LogP contribution in [0.15, 0.2) is 23.1 Å². The Morgan fingerprint density at radius 3 is 2.57 bits per heavy atom. The van der Waals surface area contributed by atoms with Crippen LogP contribution in [-0.2, 0) is 10.0 Å². The number of carbonyl (C=O) groups is 1. The summed E-state index contributed by atoms with van der Waals surface area (Å²) >= 11 is 1.84. The Kier molecular flexibility index (Phi) is 4.23. The third-order valence-electron chi connectivity index (χ3n) is 2.84. The molecule has 0 saturated carbocycles. The first-order chi connectivity index (χ1) is 9.72. The normalized spacial score (nSPS) is 11.4. The van der Waals surface area contributed by atoms with Crippen LogP contribution in [0.3, 0.4) is 0 Å². The van der Waals surface area contributed by atoms with Gasteiger partial charge >= 0.3 is 5.97 Å². The van der Waals surface area contributed by atoms with E-state index in [1.54, 1.807) is 13.8 Å². The molecule has 0 bridgehead atoms. The van der Waals surface area contributed by atoms with E-state index in [9.17, 15) is 13.2 Å². The van der Waals surface area contributed by atoms with Crippen molar-refractivity contribution in [2.45, 2.75) is 18.7 Å². The van der Waals surface area contributed by atoms with Crippen LogP contribution in [0.25, 0.3) is 0 Å². The maximum Gasteiger partial charge on any atom is 0.336 e. The minimum Gasteiger partial charge on any atom is -0.478 e. The van der Waals surface area contributed by atoms with Crippen molar-refractivity contribution in [2.24, 2.45) is 0 Å². The van der Waals surface area contributed by atoms with Crippen LogP contribution in [0, 0.1) is 17.4 Å². The summed E-state index contributed by atoms with van der Waals surface area (Å²) in [7, 11) is -3.88. The van der Waals surface area contributed by atoms with Gasteiger partial charge < -0.3 is 5.11 Å². The Morgan fingerprint density at radius 1 is 1.38 bits per heavy atom. The summed E-state index contributed by atoms with van der Waals surface area (Å²) in [5, 5.41) is 15.6. The van der Waals surface area contributed by atoms with Gasteiger partial charge in [-0.15, -0.1) is 0 Å². The summed E-state index contributed by atoms with van der Waals surface area (Å²) in [5.41, 5.74) is 1.41. The molecule has 1 aromatic heterocycles. The SMILES string of the molecule is Cc1n[nH]c(C)c1NS(=O)(=O)c1ccc(I)c(C(=O)O)c1. The molecule has 0 amide bonds. The van der Waals surface area contributed by atoms with Crippen molar-refractivity contribution >= 4 is 44.3 Å². The number of aryl methyl sites for hydroxylation is 2. The van der Waals surface area contributed by atoms with E-state index in [4.69, 9.17) is 5.11 Å². The molecule has 7 nitrogen and oxygen atoms in total. The van der Waals surface area contributed by atoms with Crippen LogP contribution in [0.1, 0.15) is 21.7 Å². The molecule has 9 heteroatoms. The molecule has 21 heavy (non-hydrogen) atoms. The number of carboxylic acid groups (broad SMARTS) is 1. The van der Waals surface area contributed by atoms with E-state index in [1.165, 1.54) is 12.1 Å². The largest absolute Gasteiger partial charge is 0.478 e. The van der Waals surface area contributed by atoms with Gasteiger partial charge in [-0.25, -0.2) is 13.2 Å². The predicted molar refractivity (Wildman–Crippen MR) is 85.0 cm³/mol. The van der Waals surface area contributed by atoms with Gasteiger partial charge in [-0.05, 0) is 54.6 Å². The molecule has 0 unspecified atom stereocenters. The number of sulfonamides is 1. The summed E-state index contributed by atoms with van der Waals surface area (Å²) in [4.78, 5) is 11.0. The molecule has 0 aliphatic carbocycles. The molecule has 1 heterocycles. The van der Waals surface area contributed by atoms with E-state index >= 15 is 0 Å². The summed E-state index contributed by atoms with van der Waals surface area (Å²) in [6.07, 6.45) is 0. The number of anilines is 1. The van der Waals surface area contributed by atoms with Crippen molar-refractivity contribution in [2.75, 3.05) is 4.72 Å². The summed E-state index contributed by atoms with van der Waals surface area (Å²) in [6, 6.07) is 3.95. The van der Waals surface area contributed by atoms with Gasteiger partial charge in [0.15, 0.2) is 0 Å². The predicted octanol–water partition coefficient (Wildman–Crippen LogP) is 2.13. The van der Waals surface area contributed by atoms with Crippen LogP contribution in [0.4, 0.5) is 5.69 Å². The second kappa shape index (κ2) is 5.64. The third-order valence-corrected chi connectivity index (χ3v) is 5.13. The maximum absolute atomic E-state index is 12.3. The highest BCUT2D eigenvalue weighted by Crippen LogP contribution is 2.23. The minimum absolute atomic E-state index is 0.0564. The van der Waals surface area contributed by atoms with Crippen molar-refractivity contribution in [3.8, 4) is 0 Å². The lowest BCUT2D eigenvalue weighted by Gasteiger charge is -2.09. The molecule has 2 aromatic rings. The molecule has 0 aliphatic heterocycles. The number of nitrogens with one attached hydrogen (secondary N) is 2. The van der Waals surface area contributed by atoms with Gasteiger partial charge in [-0.2, -0.15) is 5.10 Å². The minimum atomic E-state index is -3.88. The van der Waals surface area contributed by atoms with Crippen molar-refractivity contribution in [1.82, 2.24) is 10.2 Å². The Morgan fingerprint density at radius 2 is 2.05 bits per heavy atom. The van der Waals surface area contributed by atoms with E-state index in [0.29, 0.717) is 20.6 Å². The molecular weight excluding hydrogens is 409 g/mol. The molecule has 0 fully saturated rings. The number of carboxylic acids is 1. The average Bonchev–Trinajstić information content (AvgIpc) is 2.70. The fourth-order valence-electron chi connectivity index (χ4n) is 1.73. The topological polar surface area (TPSA) is 112 Å². The molecular formula is C12H12IN3O4S. The lowest BCUT2D eigenvalue weighted by atomic mass is 10.2. The van der Waals surface area contributed by atoms with Crippen LogP contribution in [-0.4, -0.2) is 29.7 Å². The second-order valence-corrected chi connectivity index (χ2v) is 7.21. The number of aromatic amines is 1. The number of benzene rings is 1. The van der Waals surface area contributed by atoms with E-state index in [1.807, 2.05) is 22.6 Å². The first kappa shape index (κ1) is 15.8. The van der Waals surface area contributed by atoms with Crippen LogP contribution >= 0.6 is 22.6 Å². The van der Waals surface area contributed by atoms with Crippen molar-refractivity contribution in [1.29, 1.82) is 0 Å². The first-order valence-electron chi connectivity index (χ1n) is 5.79. The second-order valence-electron chi connectivity index (χ2n) is 4.36. The smallest absolute Gasteiger partial charge is 0.336 e. The summed E-state index contributed by atoms with van der Waals surface area (Å²) in [5.74, 6) is -1.17. The van der Waals surface area contributed by atoms with E-state index < -0.39 is 16.0 Å². The highest BCUT2D eigenvalue weighted by molar-refractivity contribution is 14.1. The Balaban J connectivity index is 2.45. The zero-order chi connectivity index (χ0) is 15.8. The monoisotopic (exact) mass is 421 g/mol. The molecule has 3 N–H and O–H groups in total. The van der Waals surface area contributed by atoms with Gasteiger partial charge in [0.2, 0.25) is 0 Å². The van der Waals surface area contributed by atoms with Crippen LogP contribution in [0.2, 0.25) is 0 Å². The summed E-state index contributed by atoms with van der Waals surface area (Å²) in [6.45, 7) is 3.35. The van der Waals surface area contributed by atoms with Gasteiger partial charge in [0.1, 0.15) is 0 Å². The van der Waals surface area contributed by atoms with Crippen LogP contribution in [0.5, 0.6) is 0 Å². The molecule has 112 valence electrons.